The molecule has 0 radical (unpaired) electrons. The fourth-order valence-corrected chi connectivity index (χ4v) is 3.24. The number of aromatic nitrogens is 3. The van der Waals surface area contributed by atoms with Crippen LogP contribution in [-0.4, -0.2) is 54.1 Å². The molecule has 7 heteroatoms. The quantitative estimate of drug-likeness (QED) is 0.699. The summed E-state index contributed by atoms with van der Waals surface area (Å²) < 4.78 is 0. The Balaban J connectivity index is 1.39. The van der Waals surface area contributed by atoms with Crippen LogP contribution in [0.2, 0.25) is 0 Å². The van der Waals surface area contributed by atoms with Gasteiger partial charge in [-0.25, -0.2) is 15.0 Å². The molecule has 0 spiro atoms. The molecule has 0 saturated carbocycles. The van der Waals surface area contributed by atoms with E-state index in [0.29, 0.717) is 5.69 Å². The molecule has 0 unspecified atom stereocenters. The molecule has 1 amide bonds. The van der Waals surface area contributed by atoms with Crippen molar-refractivity contribution >= 4 is 23.2 Å². The molecular formula is C21H22N6O. The smallest absolute Gasteiger partial charge is 0.278 e. The Morgan fingerprint density at radius 3 is 2.11 bits per heavy atom. The van der Waals surface area contributed by atoms with Gasteiger partial charge in [-0.15, -0.1) is 0 Å². The van der Waals surface area contributed by atoms with Crippen molar-refractivity contribution in [1.29, 1.82) is 0 Å². The minimum absolute atomic E-state index is 0.176. The zero-order valence-electron chi connectivity index (χ0n) is 15.8. The fourth-order valence-electron chi connectivity index (χ4n) is 3.24. The van der Waals surface area contributed by atoms with Crippen molar-refractivity contribution in [2.45, 2.75) is 0 Å². The van der Waals surface area contributed by atoms with Crippen molar-refractivity contribution in [2.75, 3.05) is 47.9 Å². The number of amides is 1. The molecule has 2 aromatic heterocycles. The van der Waals surface area contributed by atoms with E-state index < -0.39 is 0 Å². The Morgan fingerprint density at radius 2 is 1.50 bits per heavy atom. The summed E-state index contributed by atoms with van der Waals surface area (Å²) in [4.78, 5) is 31.9. The van der Waals surface area contributed by atoms with Gasteiger partial charge in [0.15, 0.2) is 0 Å². The van der Waals surface area contributed by atoms with Crippen molar-refractivity contribution in [3.63, 3.8) is 0 Å². The highest BCUT2D eigenvalue weighted by molar-refractivity contribution is 6.04. The molecule has 3 heterocycles. The largest absolute Gasteiger partial charge is 0.353 e. The molecule has 1 aliphatic rings. The normalized spacial score (nSPS) is 14.0. The number of pyridine rings is 1. The summed E-state index contributed by atoms with van der Waals surface area (Å²) in [5.41, 5.74) is 1.16. The number of carbonyl (C=O) groups excluding carboxylic acids is 1. The monoisotopic (exact) mass is 374 g/mol. The average Bonchev–Trinajstić information content (AvgIpc) is 2.79. The van der Waals surface area contributed by atoms with Crippen LogP contribution >= 0.6 is 0 Å². The van der Waals surface area contributed by atoms with Crippen LogP contribution in [0, 0.1) is 0 Å². The van der Waals surface area contributed by atoms with Gasteiger partial charge in [0.2, 0.25) is 0 Å². The lowest BCUT2D eigenvalue weighted by atomic mass is 10.2. The van der Waals surface area contributed by atoms with E-state index in [1.807, 2.05) is 54.7 Å². The second kappa shape index (κ2) is 8.04. The molecule has 0 N–H and O–H groups in total. The third kappa shape index (κ3) is 3.78. The van der Waals surface area contributed by atoms with Crippen LogP contribution in [0.5, 0.6) is 0 Å². The Hall–Kier alpha value is -3.48. The number of para-hydroxylation sites is 1. The third-order valence-electron chi connectivity index (χ3n) is 4.88. The van der Waals surface area contributed by atoms with Crippen LogP contribution < -0.4 is 14.7 Å². The summed E-state index contributed by atoms with van der Waals surface area (Å²) in [6.07, 6.45) is 5.06. The number of hydrogen-bond acceptors (Lipinski definition) is 6. The Kier molecular flexibility index (Phi) is 5.14. The maximum atomic E-state index is 12.6. The van der Waals surface area contributed by atoms with E-state index in [-0.39, 0.29) is 5.91 Å². The third-order valence-corrected chi connectivity index (χ3v) is 4.88. The summed E-state index contributed by atoms with van der Waals surface area (Å²) in [6.45, 7) is 3.41. The van der Waals surface area contributed by atoms with Gasteiger partial charge in [0, 0.05) is 45.1 Å². The van der Waals surface area contributed by atoms with Gasteiger partial charge in [0.25, 0.3) is 5.91 Å². The maximum absolute atomic E-state index is 12.6. The standard InChI is InChI=1S/C21H22N6O/c1-25(17-7-3-2-4-8-17)21(28)18-15-24-20(16-23-18)27-13-11-26(12-14-27)19-9-5-6-10-22-19/h2-10,15-16H,11-14H2,1H3. The summed E-state index contributed by atoms with van der Waals surface area (Å²) >= 11 is 0. The number of nitrogens with zero attached hydrogens (tertiary/aromatic N) is 6. The number of rotatable bonds is 4. The lowest BCUT2D eigenvalue weighted by molar-refractivity contribution is 0.0988. The molecular weight excluding hydrogens is 352 g/mol. The predicted molar refractivity (Wildman–Crippen MR) is 110 cm³/mol. The molecule has 1 saturated heterocycles. The molecule has 1 aliphatic heterocycles. The first kappa shape index (κ1) is 17.9. The summed E-state index contributed by atoms with van der Waals surface area (Å²) in [5, 5.41) is 0. The highest BCUT2D eigenvalue weighted by atomic mass is 16.2. The van der Waals surface area contributed by atoms with E-state index in [2.05, 4.69) is 24.8 Å². The van der Waals surface area contributed by atoms with Gasteiger partial charge in [0.1, 0.15) is 17.3 Å². The molecule has 28 heavy (non-hydrogen) atoms. The number of piperazine rings is 1. The lowest BCUT2D eigenvalue weighted by Crippen LogP contribution is -2.47. The van der Waals surface area contributed by atoms with Gasteiger partial charge in [-0.2, -0.15) is 0 Å². The van der Waals surface area contributed by atoms with E-state index in [1.165, 1.54) is 0 Å². The fraction of sp³-hybridized carbons (Fsp3) is 0.238. The Morgan fingerprint density at radius 1 is 0.821 bits per heavy atom. The minimum Gasteiger partial charge on any atom is -0.353 e. The predicted octanol–water partition coefficient (Wildman–Crippen LogP) is 2.47. The first-order chi connectivity index (χ1) is 13.7. The van der Waals surface area contributed by atoms with E-state index in [9.17, 15) is 4.79 Å². The van der Waals surface area contributed by atoms with Gasteiger partial charge >= 0.3 is 0 Å². The molecule has 0 atom stereocenters. The number of carbonyl (C=O) groups is 1. The molecule has 0 aliphatic carbocycles. The second-order valence-electron chi connectivity index (χ2n) is 6.62. The number of hydrogen-bond donors (Lipinski definition) is 0. The van der Waals surface area contributed by atoms with E-state index in [1.54, 1.807) is 24.3 Å². The Bertz CT molecular complexity index is 909. The van der Waals surface area contributed by atoms with Gasteiger partial charge < -0.3 is 14.7 Å². The van der Waals surface area contributed by atoms with Crippen LogP contribution in [0.15, 0.2) is 67.1 Å². The average molecular weight is 374 g/mol. The Labute approximate surface area is 164 Å². The maximum Gasteiger partial charge on any atom is 0.278 e. The highest BCUT2D eigenvalue weighted by Gasteiger charge is 2.20. The highest BCUT2D eigenvalue weighted by Crippen LogP contribution is 2.18. The first-order valence-corrected chi connectivity index (χ1v) is 9.28. The molecule has 0 bridgehead atoms. The molecule has 3 aromatic rings. The van der Waals surface area contributed by atoms with Crippen molar-refractivity contribution in [3.05, 3.63) is 72.8 Å². The van der Waals surface area contributed by atoms with E-state index in [0.717, 1.165) is 43.5 Å². The molecule has 7 nitrogen and oxygen atoms in total. The molecule has 4 rings (SSSR count). The SMILES string of the molecule is CN(C(=O)c1cnc(N2CCN(c3ccccn3)CC2)cn1)c1ccccc1. The summed E-state index contributed by atoms with van der Waals surface area (Å²) in [7, 11) is 1.74. The molecule has 142 valence electrons. The van der Waals surface area contributed by atoms with E-state index >= 15 is 0 Å². The zero-order valence-corrected chi connectivity index (χ0v) is 15.8. The van der Waals surface area contributed by atoms with Crippen molar-refractivity contribution in [1.82, 2.24) is 15.0 Å². The summed E-state index contributed by atoms with van der Waals surface area (Å²) in [6, 6.07) is 15.5. The minimum atomic E-state index is -0.176. The number of benzene rings is 1. The van der Waals surface area contributed by atoms with Crippen LogP contribution in [-0.2, 0) is 0 Å². The van der Waals surface area contributed by atoms with Crippen molar-refractivity contribution < 1.29 is 4.79 Å². The molecule has 1 fully saturated rings. The second-order valence-corrected chi connectivity index (χ2v) is 6.62. The van der Waals surface area contributed by atoms with Gasteiger partial charge in [-0.05, 0) is 24.3 Å². The lowest BCUT2D eigenvalue weighted by Gasteiger charge is -2.35. The zero-order chi connectivity index (χ0) is 19.3. The van der Waals surface area contributed by atoms with Crippen molar-refractivity contribution in [2.24, 2.45) is 0 Å². The van der Waals surface area contributed by atoms with Crippen LogP contribution in [0.1, 0.15) is 10.5 Å². The van der Waals surface area contributed by atoms with Crippen LogP contribution in [0.4, 0.5) is 17.3 Å². The van der Waals surface area contributed by atoms with E-state index in [4.69, 9.17) is 0 Å². The van der Waals surface area contributed by atoms with Crippen molar-refractivity contribution in [3.8, 4) is 0 Å². The van der Waals surface area contributed by atoms with Crippen LogP contribution in [0.3, 0.4) is 0 Å². The first-order valence-electron chi connectivity index (χ1n) is 9.28. The van der Waals surface area contributed by atoms with Gasteiger partial charge in [-0.1, -0.05) is 24.3 Å². The van der Waals surface area contributed by atoms with Crippen LogP contribution in [0.25, 0.3) is 0 Å². The summed E-state index contributed by atoms with van der Waals surface area (Å²) in [5.74, 6) is 1.61. The molecule has 1 aromatic carbocycles. The van der Waals surface area contributed by atoms with Gasteiger partial charge in [0.05, 0.1) is 12.4 Å². The van der Waals surface area contributed by atoms with Gasteiger partial charge in [-0.3, -0.25) is 4.79 Å². The number of anilines is 3. The topological polar surface area (TPSA) is 65.5 Å².